The van der Waals surface area contributed by atoms with Gasteiger partial charge in [0.2, 0.25) is 0 Å². The first-order chi connectivity index (χ1) is 11.0. The third-order valence-electron chi connectivity index (χ3n) is 3.16. The van der Waals surface area contributed by atoms with Gasteiger partial charge in [-0.25, -0.2) is 0 Å². The molecule has 2 aromatic carbocycles. The minimum atomic E-state index is -0.547. The molecule has 0 N–H and O–H groups in total. The van der Waals surface area contributed by atoms with E-state index in [4.69, 9.17) is 16.3 Å². The molecule has 23 heavy (non-hydrogen) atoms. The summed E-state index contributed by atoms with van der Waals surface area (Å²) in [5.74, 6) is 0.00264. The zero-order valence-electron chi connectivity index (χ0n) is 12.4. The fourth-order valence-corrected chi connectivity index (χ4v) is 2.28. The molecule has 0 unspecified atom stereocenters. The number of non-ortho nitro benzene ring substituents is 1. The van der Waals surface area contributed by atoms with E-state index in [2.05, 4.69) is 0 Å². The van der Waals surface area contributed by atoms with Crippen molar-refractivity contribution < 1.29 is 14.5 Å². The Hall–Kier alpha value is -2.60. The molecule has 0 heterocycles. The highest BCUT2D eigenvalue weighted by atomic mass is 35.5. The molecule has 2 rings (SSSR count). The predicted molar refractivity (Wildman–Crippen MR) is 88.1 cm³/mol. The predicted octanol–water partition coefficient (Wildman–Crippen LogP) is 3.68. The number of halogens is 1. The number of nitro groups is 1. The summed E-state index contributed by atoms with van der Waals surface area (Å²) in [6, 6.07) is 13.1. The molecule has 0 aliphatic rings. The van der Waals surface area contributed by atoms with E-state index in [1.165, 1.54) is 18.2 Å². The molecule has 0 spiro atoms. The lowest BCUT2D eigenvalue weighted by Crippen LogP contribution is -2.34. The van der Waals surface area contributed by atoms with Crippen LogP contribution in [0.5, 0.6) is 5.75 Å². The van der Waals surface area contributed by atoms with Crippen molar-refractivity contribution in [3.63, 3.8) is 0 Å². The Kier molecular flexibility index (Phi) is 5.54. The summed E-state index contributed by atoms with van der Waals surface area (Å²) in [5, 5.41) is 10.8. The molecule has 120 valence electrons. The zero-order valence-corrected chi connectivity index (χ0v) is 13.2. The van der Waals surface area contributed by atoms with Gasteiger partial charge >= 0.3 is 0 Å². The molecule has 0 saturated heterocycles. The van der Waals surface area contributed by atoms with Crippen LogP contribution in [0, 0.1) is 10.1 Å². The van der Waals surface area contributed by atoms with Gasteiger partial charge < -0.3 is 9.64 Å². The van der Waals surface area contributed by atoms with Crippen molar-refractivity contribution in [3.05, 3.63) is 63.7 Å². The summed E-state index contributed by atoms with van der Waals surface area (Å²) in [5.41, 5.74) is 0.645. The van der Waals surface area contributed by atoms with Crippen LogP contribution in [-0.4, -0.2) is 24.0 Å². The van der Waals surface area contributed by atoms with Crippen LogP contribution >= 0.6 is 11.6 Å². The molecule has 0 atom stereocenters. The van der Waals surface area contributed by atoms with E-state index in [0.29, 0.717) is 6.54 Å². The van der Waals surface area contributed by atoms with E-state index in [9.17, 15) is 14.9 Å². The van der Waals surface area contributed by atoms with Crippen LogP contribution < -0.4 is 9.64 Å². The van der Waals surface area contributed by atoms with Gasteiger partial charge in [-0.15, -0.1) is 0 Å². The van der Waals surface area contributed by atoms with Gasteiger partial charge in [0.25, 0.3) is 11.6 Å². The van der Waals surface area contributed by atoms with Gasteiger partial charge in [-0.3, -0.25) is 14.9 Å². The molecule has 0 aliphatic heterocycles. The monoisotopic (exact) mass is 334 g/mol. The number of benzene rings is 2. The van der Waals surface area contributed by atoms with Crippen molar-refractivity contribution in [2.75, 3.05) is 18.1 Å². The second-order valence-corrected chi connectivity index (χ2v) is 5.04. The maximum atomic E-state index is 12.3. The Bertz CT molecular complexity index is 706. The Morgan fingerprint density at radius 3 is 2.52 bits per heavy atom. The topological polar surface area (TPSA) is 72.7 Å². The number of anilines is 1. The number of amides is 1. The number of ether oxygens (including phenoxy) is 1. The minimum Gasteiger partial charge on any atom is -0.482 e. The van der Waals surface area contributed by atoms with Crippen molar-refractivity contribution in [2.45, 2.75) is 6.92 Å². The van der Waals surface area contributed by atoms with E-state index in [1.54, 1.807) is 4.90 Å². The third kappa shape index (κ3) is 4.20. The van der Waals surface area contributed by atoms with Crippen molar-refractivity contribution in [3.8, 4) is 5.75 Å². The lowest BCUT2D eigenvalue weighted by atomic mass is 10.3. The molecule has 2 aromatic rings. The molecular weight excluding hydrogens is 320 g/mol. The van der Waals surface area contributed by atoms with Crippen molar-refractivity contribution >= 4 is 28.9 Å². The Morgan fingerprint density at radius 2 is 1.96 bits per heavy atom. The van der Waals surface area contributed by atoms with Crippen LogP contribution in [0.2, 0.25) is 5.02 Å². The number of nitro benzene ring substituents is 1. The molecule has 0 fully saturated rings. The van der Waals surface area contributed by atoms with E-state index < -0.39 is 4.92 Å². The molecule has 6 nitrogen and oxygen atoms in total. The van der Waals surface area contributed by atoms with Crippen LogP contribution in [0.4, 0.5) is 11.4 Å². The maximum absolute atomic E-state index is 12.3. The van der Waals surface area contributed by atoms with Gasteiger partial charge in [0, 0.05) is 24.4 Å². The highest BCUT2D eigenvalue weighted by molar-refractivity contribution is 6.32. The standard InChI is InChI=1S/C16H15ClN2O4/c1-2-18(12-6-4-3-5-7-12)16(20)11-23-15-9-8-13(19(21)22)10-14(15)17/h3-10H,2,11H2,1H3. The average Bonchev–Trinajstić information content (AvgIpc) is 2.55. The number of nitrogens with zero attached hydrogens (tertiary/aromatic N) is 2. The maximum Gasteiger partial charge on any atom is 0.271 e. The number of carbonyl (C=O) groups is 1. The van der Waals surface area contributed by atoms with E-state index in [1.807, 2.05) is 37.3 Å². The number of rotatable bonds is 6. The molecule has 0 aromatic heterocycles. The second kappa shape index (κ2) is 7.60. The third-order valence-corrected chi connectivity index (χ3v) is 3.46. The smallest absolute Gasteiger partial charge is 0.271 e. The first-order valence-electron chi connectivity index (χ1n) is 6.95. The molecule has 0 radical (unpaired) electrons. The summed E-state index contributed by atoms with van der Waals surface area (Å²) < 4.78 is 5.39. The number of hydrogen-bond acceptors (Lipinski definition) is 4. The van der Waals surface area contributed by atoms with Crippen LogP contribution in [-0.2, 0) is 4.79 Å². The van der Waals surface area contributed by atoms with Crippen molar-refractivity contribution in [2.24, 2.45) is 0 Å². The molecule has 0 aliphatic carbocycles. The van der Waals surface area contributed by atoms with Gasteiger partial charge in [0.05, 0.1) is 9.95 Å². The molecule has 1 amide bonds. The Balaban J connectivity index is 2.05. The van der Waals surface area contributed by atoms with Gasteiger partial charge in [-0.1, -0.05) is 29.8 Å². The van der Waals surface area contributed by atoms with Crippen LogP contribution in [0.3, 0.4) is 0 Å². The highest BCUT2D eigenvalue weighted by Gasteiger charge is 2.16. The summed E-state index contributed by atoms with van der Waals surface area (Å²) in [7, 11) is 0. The minimum absolute atomic E-state index is 0.0924. The lowest BCUT2D eigenvalue weighted by molar-refractivity contribution is -0.384. The fraction of sp³-hybridized carbons (Fsp3) is 0.188. The largest absolute Gasteiger partial charge is 0.482 e. The Morgan fingerprint density at radius 1 is 1.26 bits per heavy atom. The number of hydrogen-bond donors (Lipinski definition) is 0. The van der Waals surface area contributed by atoms with E-state index >= 15 is 0 Å². The second-order valence-electron chi connectivity index (χ2n) is 4.63. The van der Waals surface area contributed by atoms with E-state index in [-0.39, 0.29) is 29.0 Å². The van der Waals surface area contributed by atoms with Crippen molar-refractivity contribution in [1.82, 2.24) is 0 Å². The van der Waals surface area contributed by atoms with Crippen molar-refractivity contribution in [1.29, 1.82) is 0 Å². The SMILES string of the molecule is CCN(C(=O)COc1ccc([N+](=O)[O-])cc1Cl)c1ccccc1. The van der Waals surface area contributed by atoms with Crippen LogP contribution in [0.1, 0.15) is 6.92 Å². The van der Waals surface area contributed by atoms with Gasteiger partial charge in [0.1, 0.15) is 5.75 Å². The van der Waals surface area contributed by atoms with Crippen LogP contribution in [0.25, 0.3) is 0 Å². The van der Waals surface area contributed by atoms with Gasteiger partial charge in [-0.2, -0.15) is 0 Å². The summed E-state index contributed by atoms with van der Waals surface area (Å²) >= 11 is 5.93. The summed E-state index contributed by atoms with van der Waals surface area (Å²) in [6.45, 7) is 2.16. The number of likely N-dealkylation sites (N-methyl/N-ethyl adjacent to an activating group) is 1. The average molecular weight is 335 g/mol. The lowest BCUT2D eigenvalue weighted by Gasteiger charge is -2.21. The summed E-state index contributed by atoms with van der Waals surface area (Å²) in [6.07, 6.45) is 0. The molecule has 7 heteroatoms. The number of para-hydroxylation sites is 1. The first kappa shape index (κ1) is 16.8. The summed E-state index contributed by atoms with van der Waals surface area (Å²) in [4.78, 5) is 24.0. The highest BCUT2D eigenvalue weighted by Crippen LogP contribution is 2.28. The van der Waals surface area contributed by atoms with Gasteiger partial charge in [-0.05, 0) is 25.1 Å². The quantitative estimate of drug-likeness (QED) is 0.596. The molecule has 0 bridgehead atoms. The van der Waals surface area contributed by atoms with Crippen LogP contribution in [0.15, 0.2) is 48.5 Å². The Labute approximate surface area is 138 Å². The normalized spacial score (nSPS) is 10.2. The van der Waals surface area contributed by atoms with E-state index in [0.717, 1.165) is 5.69 Å². The molecule has 0 saturated carbocycles. The first-order valence-corrected chi connectivity index (χ1v) is 7.33. The zero-order chi connectivity index (χ0) is 16.8. The van der Waals surface area contributed by atoms with Gasteiger partial charge in [0.15, 0.2) is 6.61 Å². The molecular formula is C16H15ClN2O4. The fourth-order valence-electron chi connectivity index (χ4n) is 2.05. The number of carbonyl (C=O) groups excluding carboxylic acids is 1.